The molecule has 0 saturated carbocycles. The third kappa shape index (κ3) is 3.25. The van der Waals surface area contributed by atoms with Crippen LogP contribution in [0.15, 0.2) is 18.2 Å². The summed E-state index contributed by atoms with van der Waals surface area (Å²) in [6.45, 7) is 2.12. The molecule has 1 heterocycles. The lowest BCUT2D eigenvalue weighted by Gasteiger charge is -2.37. The summed E-state index contributed by atoms with van der Waals surface area (Å²) < 4.78 is 4.91. The van der Waals surface area contributed by atoms with Crippen molar-refractivity contribution in [2.24, 2.45) is 5.41 Å². The van der Waals surface area contributed by atoms with E-state index in [1.807, 2.05) is 0 Å². The van der Waals surface area contributed by atoms with E-state index in [9.17, 15) is 24.8 Å². The van der Waals surface area contributed by atoms with Gasteiger partial charge in [-0.3, -0.25) is 19.7 Å². The molecule has 1 saturated heterocycles. The standard InChI is InChI=1S/C15H18N2O6/c1-15(14(19)20)6-3-7-16(9-15)13(18)10-4-5-12(23-2)11(8-10)17(21)22/h4-5,8H,3,6-7,9H2,1-2H3,(H,19,20). The molecule has 1 aromatic rings. The number of hydrogen-bond donors (Lipinski definition) is 1. The van der Waals surface area contributed by atoms with Crippen LogP contribution in [0.1, 0.15) is 30.1 Å². The van der Waals surface area contributed by atoms with E-state index >= 15 is 0 Å². The van der Waals surface area contributed by atoms with Gasteiger partial charge in [-0.2, -0.15) is 0 Å². The topological polar surface area (TPSA) is 110 Å². The van der Waals surface area contributed by atoms with E-state index in [1.165, 1.54) is 24.1 Å². The zero-order valence-electron chi connectivity index (χ0n) is 12.9. The molecule has 1 amide bonds. The summed E-state index contributed by atoms with van der Waals surface area (Å²) in [6.07, 6.45) is 1.07. The van der Waals surface area contributed by atoms with Crippen LogP contribution < -0.4 is 4.74 Å². The number of carbonyl (C=O) groups excluding carboxylic acids is 1. The molecular weight excluding hydrogens is 304 g/mol. The minimum Gasteiger partial charge on any atom is -0.490 e. The Morgan fingerprint density at radius 3 is 2.70 bits per heavy atom. The zero-order chi connectivity index (χ0) is 17.2. The Bertz CT molecular complexity index is 659. The second-order valence-corrected chi connectivity index (χ2v) is 5.84. The predicted molar refractivity (Wildman–Crippen MR) is 80.5 cm³/mol. The monoisotopic (exact) mass is 322 g/mol. The molecule has 1 N–H and O–H groups in total. The molecule has 0 aliphatic carbocycles. The van der Waals surface area contributed by atoms with Gasteiger partial charge in [0.1, 0.15) is 0 Å². The molecule has 1 aliphatic heterocycles. The summed E-state index contributed by atoms with van der Waals surface area (Å²) in [5.74, 6) is -1.29. The largest absolute Gasteiger partial charge is 0.490 e. The summed E-state index contributed by atoms with van der Waals surface area (Å²) in [6, 6.07) is 3.97. The maximum absolute atomic E-state index is 12.6. The normalized spacial score (nSPS) is 20.9. The minimum atomic E-state index is -0.994. The van der Waals surface area contributed by atoms with Crippen molar-refractivity contribution < 1.29 is 24.4 Å². The van der Waals surface area contributed by atoms with Crippen molar-refractivity contribution in [2.45, 2.75) is 19.8 Å². The summed E-state index contributed by atoms with van der Waals surface area (Å²) in [5, 5.41) is 20.4. The maximum atomic E-state index is 12.6. The number of carbonyl (C=O) groups is 2. The molecule has 1 unspecified atom stereocenters. The molecule has 1 atom stereocenters. The lowest BCUT2D eigenvalue weighted by atomic mass is 9.82. The lowest BCUT2D eigenvalue weighted by Crippen LogP contribution is -2.48. The van der Waals surface area contributed by atoms with Gasteiger partial charge in [0.2, 0.25) is 0 Å². The van der Waals surface area contributed by atoms with Crippen LogP contribution in [0.4, 0.5) is 5.69 Å². The molecule has 0 radical (unpaired) electrons. The van der Waals surface area contributed by atoms with Crippen LogP contribution in [0, 0.1) is 15.5 Å². The first-order chi connectivity index (χ1) is 10.8. The molecule has 8 nitrogen and oxygen atoms in total. The highest BCUT2D eigenvalue weighted by Gasteiger charge is 2.39. The molecule has 0 bridgehead atoms. The Kier molecular flexibility index (Phi) is 4.53. The van der Waals surface area contributed by atoms with Gasteiger partial charge in [-0.05, 0) is 31.9 Å². The predicted octanol–water partition coefficient (Wildman–Crippen LogP) is 1.93. The first-order valence-electron chi connectivity index (χ1n) is 7.13. The van der Waals surface area contributed by atoms with Crippen LogP contribution in [0.2, 0.25) is 0 Å². The number of piperidine rings is 1. The number of nitro benzene ring substituents is 1. The van der Waals surface area contributed by atoms with Gasteiger partial charge in [-0.25, -0.2) is 0 Å². The molecule has 8 heteroatoms. The van der Waals surface area contributed by atoms with E-state index in [0.29, 0.717) is 19.4 Å². The lowest BCUT2D eigenvalue weighted by molar-refractivity contribution is -0.385. The second-order valence-electron chi connectivity index (χ2n) is 5.84. The number of nitrogens with zero attached hydrogens (tertiary/aromatic N) is 2. The van der Waals surface area contributed by atoms with Crippen molar-refractivity contribution in [1.82, 2.24) is 4.90 Å². The molecule has 1 aliphatic rings. The van der Waals surface area contributed by atoms with Crippen LogP contribution in [0.25, 0.3) is 0 Å². The number of amides is 1. The Morgan fingerprint density at radius 2 is 2.13 bits per heavy atom. The van der Waals surface area contributed by atoms with E-state index in [2.05, 4.69) is 0 Å². The number of hydrogen-bond acceptors (Lipinski definition) is 5. The smallest absolute Gasteiger partial charge is 0.311 e. The Hall–Kier alpha value is -2.64. The third-order valence-corrected chi connectivity index (χ3v) is 4.12. The van der Waals surface area contributed by atoms with Crippen molar-refractivity contribution in [3.05, 3.63) is 33.9 Å². The van der Waals surface area contributed by atoms with Crippen LogP contribution in [-0.4, -0.2) is 47.0 Å². The highest BCUT2D eigenvalue weighted by Crippen LogP contribution is 2.32. The van der Waals surface area contributed by atoms with E-state index in [0.717, 1.165) is 6.07 Å². The van der Waals surface area contributed by atoms with Crippen LogP contribution >= 0.6 is 0 Å². The van der Waals surface area contributed by atoms with E-state index in [-0.39, 0.29) is 23.5 Å². The van der Waals surface area contributed by atoms with Gasteiger partial charge in [0.25, 0.3) is 5.91 Å². The summed E-state index contributed by atoms with van der Waals surface area (Å²) in [5.41, 5.74) is -1.14. The number of benzene rings is 1. The number of carboxylic acids is 1. The highest BCUT2D eigenvalue weighted by atomic mass is 16.6. The molecule has 1 fully saturated rings. The fourth-order valence-electron chi connectivity index (χ4n) is 2.74. The van der Waals surface area contributed by atoms with E-state index in [4.69, 9.17) is 4.74 Å². The first-order valence-corrected chi connectivity index (χ1v) is 7.13. The molecular formula is C15H18N2O6. The number of ether oxygens (including phenoxy) is 1. The number of likely N-dealkylation sites (tertiary alicyclic amines) is 1. The van der Waals surface area contributed by atoms with Crippen LogP contribution in [-0.2, 0) is 4.79 Å². The van der Waals surface area contributed by atoms with Gasteiger partial charge in [0, 0.05) is 24.7 Å². The molecule has 0 spiro atoms. The van der Waals surface area contributed by atoms with Crippen molar-refractivity contribution in [3.8, 4) is 5.75 Å². The van der Waals surface area contributed by atoms with E-state index in [1.54, 1.807) is 6.92 Å². The maximum Gasteiger partial charge on any atom is 0.311 e. The second kappa shape index (κ2) is 6.23. The van der Waals surface area contributed by atoms with Gasteiger partial charge in [-0.15, -0.1) is 0 Å². The highest BCUT2D eigenvalue weighted by molar-refractivity contribution is 5.95. The average molecular weight is 322 g/mol. The van der Waals surface area contributed by atoms with E-state index < -0.39 is 22.2 Å². The van der Waals surface area contributed by atoms with Gasteiger partial charge >= 0.3 is 11.7 Å². The number of carboxylic acid groups (broad SMARTS) is 1. The SMILES string of the molecule is COc1ccc(C(=O)N2CCCC(C)(C(=O)O)C2)cc1[N+](=O)[O-]. The average Bonchev–Trinajstić information content (AvgIpc) is 2.53. The van der Waals surface area contributed by atoms with Gasteiger partial charge in [0.05, 0.1) is 17.4 Å². The van der Waals surface area contributed by atoms with Gasteiger partial charge in [-0.1, -0.05) is 0 Å². The Labute approximate surface area is 132 Å². The van der Waals surface area contributed by atoms with Crippen molar-refractivity contribution in [1.29, 1.82) is 0 Å². The van der Waals surface area contributed by atoms with Crippen molar-refractivity contribution in [2.75, 3.05) is 20.2 Å². The number of nitro groups is 1. The third-order valence-electron chi connectivity index (χ3n) is 4.12. The van der Waals surface area contributed by atoms with Gasteiger partial charge < -0.3 is 14.7 Å². The fourth-order valence-corrected chi connectivity index (χ4v) is 2.74. The fraction of sp³-hybridized carbons (Fsp3) is 0.467. The molecule has 23 heavy (non-hydrogen) atoms. The minimum absolute atomic E-state index is 0.0700. The van der Waals surface area contributed by atoms with Crippen molar-refractivity contribution in [3.63, 3.8) is 0 Å². The summed E-state index contributed by atoms with van der Waals surface area (Å²) in [4.78, 5) is 35.8. The quantitative estimate of drug-likeness (QED) is 0.670. The number of rotatable bonds is 4. The molecule has 2 rings (SSSR count). The zero-order valence-corrected chi connectivity index (χ0v) is 12.9. The molecule has 1 aromatic carbocycles. The van der Waals surface area contributed by atoms with Crippen LogP contribution in [0.3, 0.4) is 0 Å². The molecule has 0 aromatic heterocycles. The summed E-state index contributed by atoms with van der Waals surface area (Å²) in [7, 11) is 1.31. The molecule has 124 valence electrons. The summed E-state index contributed by atoms with van der Waals surface area (Å²) >= 11 is 0. The van der Waals surface area contributed by atoms with Crippen molar-refractivity contribution >= 4 is 17.6 Å². The van der Waals surface area contributed by atoms with Gasteiger partial charge in [0.15, 0.2) is 5.75 Å². The first kappa shape index (κ1) is 16.7. The number of methoxy groups -OCH3 is 1. The number of aliphatic carboxylic acids is 1. The Morgan fingerprint density at radius 1 is 1.43 bits per heavy atom. The Balaban J connectivity index is 2.28. The van der Waals surface area contributed by atoms with Crippen LogP contribution in [0.5, 0.6) is 5.75 Å².